The van der Waals surface area contributed by atoms with E-state index < -0.39 is 6.09 Å². The highest BCUT2D eigenvalue weighted by Crippen LogP contribution is 2.44. The maximum absolute atomic E-state index is 12.3. The molecule has 0 saturated carbocycles. The van der Waals surface area contributed by atoms with Crippen LogP contribution in [0.25, 0.3) is 11.1 Å². The average molecular weight is 404 g/mol. The number of benzene rings is 2. The Morgan fingerprint density at radius 1 is 1.13 bits per heavy atom. The highest BCUT2D eigenvalue weighted by atomic mass is 16.5. The number of aromatic nitrogens is 1. The molecule has 2 aromatic carbocycles. The van der Waals surface area contributed by atoms with E-state index in [4.69, 9.17) is 4.74 Å². The topological polar surface area (TPSA) is 80.6 Å². The van der Waals surface area contributed by atoms with Gasteiger partial charge in [-0.25, -0.2) is 4.79 Å². The smallest absolute Gasteiger partial charge is 0.405 e. The second kappa shape index (κ2) is 7.71. The molecule has 0 aliphatic carbocycles. The minimum atomic E-state index is -1.06. The number of nitrogens with one attached hydrogen (secondary N) is 1. The first-order valence-electron chi connectivity index (χ1n) is 9.84. The van der Waals surface area contributed by atoms with Crippen molar-refractivity contribution in [3.63, 3.8) is 0 Å². The first kappa shape index (κ1) is 19.8. The van der Waals surface area contributed by atoms with Crippen molar-refractivity contribution in [2.24, 2.45) is 5.41 Å². The summed E-state index contributed by atoms with van der Waals surface area (Å²) < 4.78 is 7.64. The van der Waals surface area contributed by atoms with Gasteiger partial charge in [-0.3, -0.25) is 4.79 Å². The Labute approximate surface area is 174 Å². The van der Waals surface area contributed by atoms with Crippen LogP contribution in [-0.2, 0) is 6.54 Å². The lowest BCUT2D eigenvalue weighted by Gasteiger charge is -2.39. The van der Waals surface area contributed by atoms with Gasteiger partial charge in [0.15, 0.2) is 0 Å². The summed E-state index contributed by atoms with van der Waals surface area (Å²) >= 11 is 0. The van der Waals surface area contributed by atoms with Crippen LogP contribution < -0.4 is 15.6 Å². The van der Waals surface area contributed by atoms with Crippen molar-refractivity contribution in [2.45, 2.75) is 26.4 Å². The Morgan fingerprint density at radius 2 is 1.87 bits per heavy atom. The van der Waals surface area contributed by atoms with Crippen LogP contribution in [0.5, 0.6) is 5.75 Å². The van der Waals surface area contributed by atoms with E-state index in [-0.39, 0.29) is 17.0 Å². The molecule has 1 unspecified atom stereocenters. The lowest BCUT2D eigenvalue weighted by molar-refractivity contribution is 0.0996. The maximum atomic E-state index is 12.3. The second-order valence-corrected chi connectivity index (χ2v) is 8.28. The summed E-state index contributed by atoms with van der Waals surface area (Å²) in [6.07, 6.45) is 0.787. The third kappa shape index (κ3) is 3.94. The van der Waals surface area contributed by atoms with Crippen molar-refractivity contribution in [1.29, 1.82) is 0 Å². The third-order valence-electron chi connectivity index (χ3n) is 5.49. The van der Waals surface area contributed by atoms with Crippen molar-refractivity contribution in [3.05, 3.63) is 88.3 Å². The lowest BCUT2D eigenvalue weighted by Crippen LogP contribution is -2.43. The maximum Gasteiger partial charge on any atom is 0.405 e. The number of fused-ring (bicyclic) bond motifs is 1. The monoisotopic (exact) mass is 404 g/mol. The van der Waals surface area contributed by atoms with Crippen LogP contribution >= 0.6 is 0 Å². The summed E-state index contributed by atoms with van der Waals surface area (Å²) in [5.41, 5.74) is 3.24. The molecule has 1 amide bonds. The fraction of sp³-hybridized carbons (Fsp3) is 0.250. The fourth-order valence-electron chi connectivity index (χ4n) is 3.85. The molecule has 1 aliphatic heterocycles. The molecule has 2 heterocycles. The standard InChI is InChI=1S/C24H24N2O4/c1-24(2)15-30-20-12-17(8-10-19(20)22(24)25-23(28)29)18-9-11-21(27)26(14-18)13-16-6-4-3-5-7-16/h3-12,14,22,25H,13,15H2,1-2H3,(H,28,29). The Kier molecular flexibility index (Phi) is 5.08. The van der Waals surface area contributed by atoms with Crippen molar-refractivity contribution >= 4 is 6.09 Å². The molecule has 0 saturated heterocycles. The minimum absolute atomic E-state index is 0.0655. The van der Waals surface area contributed by atoms with Crippen LogP contribution in [0.15, 0.2) is 71.7 Å². The molecule has 0 spiro atoms. The Morgan fingerprint density at radius 3 is 2.60 bits per heavy atom. The van der Waals surface area contributed by atoms with Crippen LogP contribution in [0.3, 0.4) is 0 Å². The zero-order valence-corrected chi connectivity index (χ0v) is 17.0. The Hall–Kier alpha value is -3.54. The molecule has 3 aromatic rings. The van der Waals surface area contributed by atoms with Crippen LogP contribution in [0.4, 0.5) is 4.79 Å². The van der Waals surface area contributed by atoms with Gasteiger partial charge in [0, 0.05) is 23.2 Å². The first-order chi connectivity index (χ1) is 14.3. The van der Waals surface area contributed by atoms with Crippen LogP contribution in [0, 0.1) is 5.41 Å². The normalized spacial score (nSPS) is 16.9. The number of ether oxygens (including phenoxy) is 1. The van der Waals surface area contributed by atoms with E-state index in [9.17, 15) is 14.7 Å². The number of amides is 1. The number of hydrogen-bond acceptors (Lipinski definition) is 3. The van der Waals surface area contributed by atoms with E-state index in [0.717, 1.165) is 22.3 Å². The summed E-state index contributed by atoms with van der Waals surface area (Å²) in [5.74, 6) is 0.659. The van der Waals surface area contributed by atoms with Gasteiger partial charge in [0.25, 0.3) is 5.56 Å². The molecule has 1 aromatic heterocycles. The quantitative estimate of drug-likeness (QED) is 0.680. The zero-order chi connectivity index (χ0) is 21.3. The number of rotatable bonds is 4. The molecule has 2 N–H and O–H groups in total. The highest BCUT2D eigenvalue weighted by Gasteiger charge is 2.38. The highest BCUT2D eigenvalue weighted by molar-refractivity contribution is 5.68. The number of pyridine rings is 1. The van der Waals surface area contributed by atoms with Gasteiger partial charge in [0.1, 0.15) is 5.75 Å². The molecular weight excluding hydrogens is 380 g/mol. The average Bonchev–Trinajstić information content (AvgIpc) is 2.72. The molecule has 1 aliphatic rings. The van der Waals surface area contributed by atoms with Gasteiger partial charge < -0.3 is 19.7 Å². The zero-order valence-electron chi connectivity index (χ0n) is 17.0. The van der Waals surface area contributed by atoms with E-state index in [1.54, 1.807) is 16.7 Å². The van der Waals surface area contributed by atoms with Crippen molar-refractivity contribution < 1.29 is 14.6 Å². The van der Waals surface area contributed by atoms with E-state index >= 15 is 0 Å². The Balaban J connectivity index is 1.68. The van der Waals surface area contributed by atoms with Crippen molar-refractivity contribution in [2.75, 3.05) is 6.61 Å². The van der Waals surface area contributed by atoms with Gasteiger partial charge >= 0.3 is 6.09 Å². The molecule has 30 heavy (non-hydrogen) atoms. The van der Waals surface area contributed by atoms with E-state index in [1.807, 2.05) is 68.6 Å². The van der Waals surface area contributed by atoms with Gasteiger partial charge in [-0.15, -0.1) is 0 Å². The van der Waals surface area contributed by atoms with Crippen molar-refractivity contribution in [1.82, 2.24) is 9.88 Å². The summed E-state index contributed by atoms with van der Waals surface area (Å²) in [4.78, 5) is 23.6. The van der Waals surface area contributed by atoms with Gasteiger partial charge in [-0.1, -0.05) is 56.3 Å². The summed E-state index contributed by atoms with van der Waals surface area (Å²) in [6, 6.07) is 18.6. The second-order valence-electron chi connectivity index (χ2n) is 8.28. The summed E-state index contributed by atoms with van der Waals surface area (Å²) in [6.45, 7) is 4.85. The predicted molar refractivity (Wildman–Crippen MR) is 115 cm³/mol. The first-order valence-corrected chi connectivity index (χ1v) is 9.84. The number of carbonyl (C=O) groups is 1. The molecule has 4 rings (SSSR count). The number of nitrogens with zero attached hydrogens (tertiary/aromatic N) is 1. The van der Waals surface area contributed by atoms with E-state index in [0.29, 0.717) is 18.9 Å². The van der Waals surface area contributed by atoms with Gasteiger partial charge in [0.2, 0.25) is 0 Å². The largest absolute Gasteiger partial charge is 0.493 e. The molecule has 0 fully saturated rings. The van der Waals surface area contributed by atoms with Crippen molar-refractivity contribution in [3.8, 4) is 16.9 Å². The Bertz CT molecular complexity index is 1140. The molecule has 154 valence electrons. The number of hydrogen-bond donors (Lipinski definition) is 2. The van der Waals surface area contributed by atoms with E-state index in [1.165, 1.54) is 0 Å². The summed E-state index contributed by atoms with van der Waals surface area (Å²) in [7, 11) is 0. The molecule has 1 atom stereocenters. The SMILES string of the molecule is CC1(C)COc2cc(-c3ccc(=O)n(Cc4ccccc4)c3)ccc2C1NC(=O)O. The molecule has 0 radical (unpaired) electrons. The lowest BCUT2D eigenvalue weighted by atomic mass is 9.78. The van der Waals surface area contributed by atoms with Gasteiger partial charge in [-0.05, 0) is 28.8 Å². The molecule has 0 bridgehead atoms. The van der Waals surface area contributed by atoms with Crippen LogP contribution in [0.2, 0.25) is 0 Å². The minimum Gasteiger partial charge on any atom is -0.493 e. The molecular formula is C24H24N2O4. The number of carboxylic acid groups (broad SMARTS) is 1. The fourth-order valence-corrected chi connectivity index (χ4v) is 3.85. The van der Waals surface area contributed by atoms with Gasteiger partial charge in [-0.2, -0.15) is 0 Å². The van der Waals surface area contributed by atoms with Crippen LogP contribution in [-0.4, -0.2) is 22.4 Å². The third-order valence-corrected chi connectivity index (χ3v) is 5.49. The van der Waals surface area contributed by atoms with Gasteiger partial charge in [0.05, 0.1) is 19.2 Å². The predicted octanol–water partition coefficient (Wildman–Crippen LogP) is 4.29. The summed E-state index contributed by atoms with van der Waals surface area (Å²) in [5, 5.41) is 11.9. The molecule has 6 heteroatoms. The van der Waals surface area contributed by atoms with E-state index in [2.05, 4.69) is 5.32 Å². The van der Waals surface area contributed by atoms with Crippen LogP contribution in [0.1, 0.15) is 31.0 Å². The molecule has 6 nitrogen and oxygen atoms in total.